The summed E-state index contributed by atoms with van der Waals surface area (Å²) in [7, 11) is 3.84. The van der Waals surface area contributed by atoms with Gasteiger partial charge in [-0.3, -0.25) is 5.32 Å². The molecule has 1 saturated carbocycles. The molecule has 0 saturated heterocycles. The Morgan fingerprint density at radius 2 is 2.03 bits per heavy atom. The van der Waals surface area contributed by atoms with E-state index in [2.05, 4.69) is 40.1 Å². The van der Waals surface area contributed by atoms with Gasteiger partial charge in [0.1, 0.15) is 12.2 Å². The maximum atomic E-state index is 13.1. The lowest BCUT2D eigenvalue weighted by Gasteiger charge is -2.34. The van der Waals surface area contributed by atoms with E-state index < -0.39 is 6.09 Å². The van der Waals surface area contributed by atoms with Crippen molar-refractivity contribution in [3.05, 3.63) is 64.1 Å². The predicted molar refractivity (Wildman–Crippen MR) is 139 cm³/mol. The van der Waals surface area contributed by atoms with Gasteiger partial charge in [0.05, 0.1) is 12.8 Å². The number of carbonyl (C=O) groups excluding carboxylic acids is 1. The summed E-state index contributed by atoms with van der Waals surface area (Å²) in [6.45, 7) is 3.99. The average Bonchev–Trinajstić information content (AvgIpc) is 3.23. The number of carbonyl (C=O) groups is 1. The number of anilines is 1. The Bertz CT molecular complexity index is 1320. The lowest BCUT2D eigenvalue weighted by atomic mass is 9.69. The van der Waals surface area contributed by atoms with Gasteiger partial charge >= 0.3 is 6.09 Å². The van der Waals surface area contributed by atoms with Crippen LogP contribution in [0.1, 0.15) is 30.9 Å². The van der Waals surface area contributed by atoms with Gasteiger partial charge in [-0.25, -0.2) is 4.79 Å². The number of amides is 1. The summed E-state index contributed by atoms with van der Waals surface area (Å²) in [4.78, 5) is 15.4. The SMILES string of the molecule is COc1cc(Br)c2c3c1O[C@H]1C[C@@H](OC(=O)Nc4cccc5ccccc45)C(C)[C@@]31CCN(C)C2. The third kappa shape index (κ3) is 3.43. The molecule has 3 aliphatic rings. The quantitative estimate of drug-likeness (QED) is 0.438. The van der Waals surface area contributed by atoms with Crippen LogP contribution in [0.3, 0.4) is 0 Å². The van der Waals surface area contributed by atoms with Gasteiger partial charge in [-0.05, 0) is 43.1 Å². The molecule has 0 radical (unpaired) electrons. The average molecular weight is 537 g/mol. The molecular formula is C28H29BrN2O4. The maximum absolute atomic E-state index is 13.1. The molecule has 2 heterocycles. The molecule has 1 amide bonds. The number of nitrogens with one attached hydrogen (secondary N) is 1. The lowest BCUT2D eigenvalue weighted by Crippen LogP contribution is -2.40. The number of benzene rings is 3. The number of halogens is 1. The van der Waals surface area contributed by atoms with E-state index in [0.717, 1.165) is 51.9 Å². The molecule has 4 atom stereocenters. The Morgan fingerprint density at radius 3 is 2.86 bits per heavy atom. The number of ether oxygens (including phenoxy) is 3. The first-order chi connectivity index (χ1) is 16.9. The smallest absolute Gasteiger partial charge is 0.411 e. The topological polar surface area (TPSA) is 60.0 Å². The van der Waals surface area contributed by atoms with E-state index in [1.165, 1.54) is 11.1 Å². The van der Waals surface area contributed by atoms with Crippen molar-refractivity contribution in [1.29, 1.82) is 0 Å². The monoisotopic (exact) mass is 536 g/mol. The molecular weight excluding hydrogens is 508 g/mol. The summed E-state index contributed by atoms with van der Waals surface area (Å²) in [5.41, 5.74) is 3.00. The third-order valence-corrected chi connectivity index (χ3v) is 8.96. The van der Waals surface area contributed by atoms with Crippen molar-refractivity contribution in [3.8, 4) is 11.5 Å². The molecule has 0 bridgehead atoms. The zero-order valence-electron chi connectivity index (χ0n) is 20.1. The van der Waals surface area contributed by atoms with Crippen LogP contribution in [-0.2, 0) is 16.7 Å². The highest BCUT2D eigenvalue weighted by molar-refractivity contribution is 9.10. The molecule has 1 spiro atoms. The van der Waals surface area contributed by atoms with E-state index in [1.807, 2.05) is 48.5 Å². The van der Waals surface area contributed by atoms with E-state index >= 15 is 0 Å². The highest BCUT2D eigenvalue weighted by atomic mass is 79.9. The molecule has 182 valence electrons. The molecule has 1 fully saturated rings. The number of methoxy groups -OCH3 is 1. The van der Waals surface area contributed by atoms with Crippen molar-refractivity contribution in [2.24, 2.45) is 5.92 Å². The number of nitrogens with zero attached hydrogens (tertiary/aromatic N) is 1. The van der Waals surface area contributed by atoms with Crippen LogP contribution in [0.25, 0.3) is 10.8 Å². The van der Waals surface area contributed by atoms with E-state index in [4.69, 9.17) is 14.2 Å². The van der Waals surface area contributed by atoms with Crippen LogP contribution < -0.4 is 14.8 Å². The number of fused-ring (bicyclic) bond motifs is 1. The molecule has 1 aliphatic carbocycles. The molecule has 6 rings (SSSR count). The normalized spacial score (nSPS) is 27.0. The number of hydrogen-bond acceptors (Lipinski definition) is 5. The molecule has 6 nitrogen and oxygen atoms in total. The minimum absolute atomic E-state index is 0.0590. The summed E-state index contributed by atoms with van der Waals surface area (Å²) in [6.07, 6.45) is 0.871. The lowest BCUT2D eigenvalue weighted by molar-refractivity contribution is 0.0774. The fraction of sp³-hybridized carbons (Fsp3) is 0.393. The first-order valence-corrected chi connectivity index (χ1v) is 12.9. The van der Waals surface area contributed by atoms with Crippen molar-refractivity contribution in [2.45, 2.75) is 43.9 Å². The van der Waals surface area contributed by atoms with E-state index in [9.17, 15) is 4.79 Å². The van der Waals surface area contributed by atoms with Gasteiger partial charge < -0.3 is 19.1 Å². The highest BCUT2D eigenvalue weighted by Gasteiger charge is 2.63. The second kappa shape index (κ2) is 8.42. The van der Waals surface area contributed by atoms with Gasteiger partial charge in [0.15, 0.2) is 11.5 Å². The van der Waals surface area contributed by atoms with Gasteiger partial charge in [0.2, 0.25) is 0 Å². The Labute approximate surface area is 213 Å². The van der Waals surface area contributed by atoms with Gasteiger partial charge in [0.25, 0.3) is 0 Å². The molecule has 7 heteroatoms. The van der Waals surface area contributed by atoms with Gasteiger partial charge in [-0.1, -0.05) is 59.3 Å². The number of rotatable bonds is 3. The molecule has 2 aliphatic heterocycles. The van der Waals surface area contributed by atoms with Crippen LogP contribution in [0.15, 0.2) is 53.0 Å². The minimum Gasteiger partial charge on any atom is -0.493 e. The molecule has 1 unspecified atom stereocenters. The Kier molecular flexibility index (Phi) is 5.45. The summed E-state index contributed by atoms with van der Waals surface area (Å²) in [5, 5.41) is 5.05. The van der Waals surface area contributed by atoms with Crippen LogP contribution in [0, 0.1) is 5.92 Å². The van der Waals surface area contributed by atoms with Crippen LogP contribution in [-0.4, -0.2) is 43.9 Å². The Morgan fingerprint density at radius 1 is 1.23 bits per heavy atom. The Balaban J connectivity index is 1.31. The highest BCUT2D eigenvalue weighted by Crippen LogP contribution is 2.62. The van der Waals surface area contributed by atoms with Crippen LogP contribution >= 0.6 is 15.9 Å². The van der Waals surface area contributed by atoms with Crippen molar-refractivity contribution < 1.29 is 19.0 Å². The predicted octanol–water partition coefficient (Wildman–Crippen LogP) is 6.10. The molecule has 0 aromatic heterocycles. The molecule has 3 aromatic rings. The van der Waals surface area contributed by atoms with E-state index in [1.54, 1.807) is 7.11 Å². The summed E-state index contributed by atoms with van der Waals surface area (Å²) < 4.78 is 19.4. The Hall–Kier alpha value is -2.77. The first kappa shape index (κ1) is 22.7. The maximum Gasteiger partial charge on any atom is 0.411 e. The summed E-state index contributed by atoms with van der Waals surface area (Å²) in [5.74, 6) is 1.71. The zero-order chi connectivity index (χ0) is 24.3. The van der Waals surface area contributed by atoms with Crippen molar-refractivity contribution >= 4 is 38.5 Å². The fourth-order valence-electron chi connectivity index (χ4n) is 6.50. The third-order valence-electron chi connectivity index (χ3n) is 8.26. The first-order valence-electron chi connectivity index (χ1n) is 12.1. The van der Waals surface area contributed by atoms with Gasteiger partial charge in [0, 0.05) is 39.7 Å². The second-order valence-electron chi connectivity index (χ2n) is 10.00. The van der Waals surface area contributed by atoms with Crippen molar-refractivity contribution in [1.82, 2.24) is 4.90 Å². The zero-order valence-corrected chi connectivity index (χ0v) is 21.7. The van der Waals surface area contributed by atoms with Crippen LogP contribution in [0.4, 0.5) is 10.5 Å². The molecule has 35 heavy (non-hydrogen) atoms. The van der Waals surface area contributed by atoms with Gasteiger partial charge in [-0.2, -0.15) is 0 Å². The van der Waals surface area contributed by atoms with E-state index in [-0.39, 0.29) is 23.5 Å². The van der Waals surface area contributed by atoms with Gasteiger partial charge in [-0.15, -0.1) is 0 Å². The molecule has 3 aromatic carbocycles. The van der Waals surface area contributed by atoms with E-state index in [0.29, 0.717) is 6.42 Å². The largest absolute Gasteiger partial charge is 0.493 e. The van der Waals surface area contributed by atoms with Crippen LogP contribution in [0.2, 0.25) is 0 Å². The summed E-state index contributed by atoms with van der Waals surface area (Å²) >= 11 is 3.79. The summed E-state index contributed by atoms with van der Waals surface area (Å²) in [6, 6.07) is 15.9. The van der Waals surface area contributed by atoms with Crippen molar-refractivity contribution in [3.63, 3.8) is 0 Å². The fourth-order valence-corrected chi connectivity index (χ4v) is 7.03. The second-order valence-corrected chi connectivity index (χ2v) is 10.9. The number of hydrogen-bond donors (Lipinski definition) is 1. The minimum atomic E-state index is -0.424. The van der Waals surface area contributed by atoms with Crippen molar-refractivity contribution in [2.75, 3.05) is 26.0 Å². The molecule has 1 N–H and O–H groups in total. The van der Waals surface area contributed by atoms with Crippen LogP contribution in [0.5, 0.6) is 11.5 Å². The standard InChI is InChI=1S/C28H29BrN2O4/c1-16-22(34-27(32)30-21-10-6-8-17-7-4-5-9-18(17)21)14-24-28(16)11-12-31(2)15-19-20(29)13-23(33-3)26(35-24)25(19)28/h4-10,13,16,22,24H,11-12,14-15H2,1-3H3,(H,30,32)/t16?,22-,24+,28-/m1/s1.